The molecule has 0 bridgehead atoms. The summed E-state index contributed by atoms with van der Waals surface area (Å²) in [6, 6.07) is 45.2. The lowest BCUT2D eigenvalue weighted by atomic mass is 9.79. The zero-order chi connectivity index (χ0) is 36.9. The highest BCUT2D eigenvalue weighted by Gasteiger charge is 2.28. The monoisotopic (exact) mass is 694 g/mol. The van der Waals surface area contributed by atoms with Crippen molar-refractivity contribution in [2.24, 2.45) is 0 Å². The van der Waals surface area contributed by atoms with Crippen LogP contribution >= 0.6 is 0 Å². The fourth-order valence-electron chi connectivity index (χ4n) is 6.84. The molecule has 5 aromatic carbocycles. The number of benzene rings is 5. The van der Waals surface area contributed by atoms with Gasteiger partial charge in [-0.1, -0.05) is 120 Å². The predicted octanol–water partition coefficient (Wildman–Crippen LogP) is 12.5. The maximum atomic E-state index is 11.9. The van der Waals surface area contributed by atoms with E-state index in [0.717, 1.165) is 56.0 Å². The molecule has 0 radical (unpaired) electrons. The van der Waals surface area contributed by atoms with Gasteiger partial charge in [-0.05, 0) is 82.1 Å². The number of aromatic nitrogens is 3. The molecule has 3 aromatic heterocycles. The first-order chi connectivity index (χ1) is 25.5. The summed E-state index contributed by atoms with van der Waals surface area (Å²) in [5, 5.41) is 12.8. The zero-order valence-corrected chi connectivity index (χ0v) is 30.9. The molecule has 0 unspecified atom stereocenters. The minimum Gasteiger partial charge on any atom is -0.507 e. The van der Waals surface area contributed by atoms with Gasteiger partial charge in [0, 0.05) is 34.1 Å². The first-order valence-corrected chi connectivity index (χ1v) is 18.0. The van der Waals surface area contributed by atoms with Crippen LogP contribution in [0.1, 0.15) is 52.7 Å². The minimum atomic E-state index is -0.308. The fourth-order valence-corrected chi connectivity index (χ4v) is 6.84. The Morgan fingerprint density at radius 3 is 2.02 bits per heavy atom. The molecular weight excluding hydrogens is 653 g/mol. The number of aromatic hydroxyl groups is 1. The van der Waals surface area contributed by atoms with Gasteiger partial charge in [0.2, 0.25) is 0 Å². The normalized spacial score (nSPS) is 12.0. The Hall–Kier alpha value is -6.27. The smallest absolute Gasteiger partial charge is 0.180 e. The van der Waals surface area contributed by atoms with E-state index in [1.165, 1.54) is 0 Å². The Labute approximate surface area is 310 Å². The SMILES string of the molecule is CC(C)(C)c1cc(-c2nc(-c3cccc(N(c4ccc(-c5ccccc5)cc4)c4ccccn4)c3)c3oc4ccccc4c3n2)c(O)c(C(C)(C)C)c1. The summed E-state index contributed by atoms with van der Waals surface area (Å²) in [5.41, 5.74) is 9.75. The van der Waals surface area contributed by atoms with E-state index in [4.69, 9.17) is 19.4 Å². The number of para-hydroxylation sites is 1. The highest BCUT2D eigenvalue weighted by atomic mass is 16.3. The lowest BCUT2D eigenvalue weighted by Gasteiger charge is -2.27. The molecule has 53 heavy (non-hydrogen) atoms. The van der Waals surface area contributed by atoms with Crippen molar-refractivity contribution in [3.05, 3.63) is 151 Å². The largest absolute Gasteiger partial charge is 0.507 e. The van der Waals surface area contributed by atoms with Crippen LogP contribution in [-0.4, -0.2) is 20.1 Å². The van der Waals surface area contributed by atoms with E-state index in [1.54, 1.807) is 0 Å². The van der Waals surface area contributed by atoms with E-state index in [1.807, 2.05) is 72.9 Å². The molecule has 0 atom stereocenters. The van der Waals surface area contributed by atoms with Crippen molar-refractivity contribution in [1.82, 2.24) is 15.0 Å². The van der Waals surface area contributed by atoms with Crippen LogP contribution in [0, 0.1) is 0 Å². The quantitative estimate of drug-likeness (QED) is 0.187. The number of furan rings is 1. The van der Waals surface area contributed by atoms with Crippen molar-refractivity contribution in [2.45, 2.75) is 52.4 Å². The molecule has 0 aliphatic carbocycles. The standard InChI is InChI=1S/C47H42N4O2/c1-46(2,3)33-28-37(43(52)38(29-33)47(4,5)6)45-49-41(44-42(50-45)36-19-10-11-20-39(36)53-44)32-17-14-18-35(27-32)51(40-21-12-13-26-48-40)34-24-22-31(23-25-34)30-15-8-7-9-16-30/h7-29,52H,1-6H3. The number of pyridine rings is 1. The number of nitrogens with zero attached hydrogens (tertiary/aromatic N) is 4. The van der Waals surface area contributed by atoms with Crippen LogP contribution in [0.25, 0.3) is 55.8 Å². The van der Waals surface area contributed by atoms with Crippen molar-refractivity contribution in [2.75, 3.05) is 4.90 Å². The van der Waals surface area contributed by atoms with Crippen LogP contribution in [-0.2, 0) is 10.8 Å². The average molecular weight is 695 g/mol. The predicted molar refractivity (Wildman–Crippen MR) is 217 cm³/mol. The van der Waals surface area contributed by atoms with Gasteiger partial charge in [0.25, 0.3) is 0 Å². The lowest BCUT2D eigenvalue weighted by molar-refractivity contribution is 0.446. The van der Waals surface area contributed by atoms with E-state index in [9.17, 15) is 5.11 Å². The third kappa shape index (κ3) is 6.42. The molecule has 0 fully saturated rings. The lowest BCUT2D eigenvalue weighted by Crippen LogP contribution is -2.17. The van der Waals surface area contributed by atoms with Crippen LogP contribution in [0.2, 0.25) is 0 Å². The summed E-state index contributed by atoms with van der Waals surface area (Å²) >= 11 is 0. The molecule has 0 aliphatic heterocycles. The number of phenolic OH excluding ortho intramolecular Hbond substituents is 1. The van der Waals surface area contributed by atoms with E-state index < -0.39 is 0 Å². The maximum Gasteiger partial charge on any atom is 0.180 e. The summed E-state index contributed by atoms with van der Waals surface area (Å²) in [4.78, 5) is 17.3. The summed E-state index contributed by atoms with van der Waals surface area (Å²) < 4.78 is 6.53. The average Bonchev–Trinajstić information content (AvgIpc) is 3.54. The third-order valence-electron chi connectivity index (χ3n) is 9.73. The Morgan fingerprint density at radius 1 is 0.604 bits per heavy atom. The number of anilines is 3. The maximum absolute atomic E-state index is 11.9. The molecule has 3 heterocycles. The van der Waals surface area contributed by atoms with Crippen molar-refractivity contribution in [3.63, 3.8) is 0 Å². The molecule has 0 saturated heterocycles. The molecule has 6 nitrogen and oxygen atoms in total. The van der Waals surface area contributed by atoms with Crippen molar-refractivity contribution >= 4 is 39.3 Å². The second-order valence-electron chi connectivity index (χ2n) is 15.6. The summed E-state index contributed by atoms with van der Waals surface area (Å²) in [7, 11) is 0. The number of phenols is 1. The van der Waals surface area contributed by atoms with Gasteiger partial charge in [0.1, 0.15) is 28.4 Å². The third-order valence-corrected chi connectivity index (χ3v) is 9.73. The van der Waals surface area contributed by atoms with Gasteiger partial charge in [0.15, 0.2) is 11.4 Å². The van der Waals surface area contributed by atoms with Gasteiger partial charge in [-0.25, -0.2) is 15.0 Å². The highest BCUT2D eigenvalue weighted by Crippen LogP contribution is 2.44. The van der Waals surface area contributed by atoms with Crippen molar-refractivity contribution < 1.29 is 9.52 Å². The molecule has 6 heteroatoms. The number of hydrogen-bond acceptors (Lipinski definition) is 6. The van der Waals surface area contributed by atoms with Crippen LogP contribution in [0.15, 0.2) is 144 Å². The summed E-state index contributed by atoms with van der Waals surface area (Å²) in [5.74, 6) is 1.42. The molecule has 0 aliphatic rings. The molecule has 8 rings (SSSR count). The zero-order valence-electron chi connectivity index (χ0n) is 30.9. The molecule has 0 amide bonds. The number of rotatable bonds is 6. The van der Waals surface area contributed by atoms with Gasteiger partial charge in [-0.15, -0.1) is 0 Å². The molecule has 1 N–H and O–H groups in total. The van der Waals surface area contributed by atoms with E-state index in [2.05, 4.69) is 113 Å². The first-order valence-electron chi connectivity index (χ1n) is 18.0. The van der Waals surface area contributed by atoms with Gasteiger partial charge in [0.05, 0.1) is 5.56 Å². The first kappa shape index (κ1) is 33.9. The van der Waals surface area contributed by atoms with Crippen molar-refractivity contribution in [1.29, 1.82) is 0 Å². The Kier molecular flexibility index (Phi) is 8.34. The Morgan fingerprint density at radius 2 is 1.30 bits per heavy atom. The van der Waals surface area contributed by atoms with E-state index in [0.29, 0.717) is 28.2 Å². The summed E-state index contributed by atoms with van der Waals surface area (Å²) in [6.07, 6.45) is 1.81. The fraction of sp³-hybridized carbons (Fsp3) is 0.170. The molecule has 0 spiro atoms. The van der Waals surface area contributed by atoms with Crippen molar-refractivity contribution in [3.8, 4) is 39.5 Å². The van der Waals surface area contributed by atoms with Crippen LogP contribution in [0.5, 0.6) is 5.75 Å². The van der Waals surface area contributed by atoms with Gasteiger partial charge in [-0.3, -0.25) is 4.90 Å². The molecule has 0 saturated carbocycles. The second kappa shape index (κ2) is 13.1. The number of hydrogen-bond donors (Lipinski definition) is 1. The molecular formula is C47H42N4O2. The second-order valence-corrected chi connectivity index (χ2v) is 15.6. The Bertz CT molecular complexity index is 2580. The van der Waals surface area contributed by atoms with E-state index >= 15 is 0 Å². The van der Waals surface area contributed by atoms with Crippen LogP contribution in [0.4, 0.5) is 17.2 Å². The van der Waals surface area contributed by atoms with E-state index in [-0.39, 0.29) is 16.6 Å². The van der Waals surface area contributed by atoms with Crippen LogP contribution in [0.3, 0.4) is 0 Å². The Balaban J connectivity index is 1.33. The molecule has 8 aromatic rings. The summed E-state index contributed by atoms with van der Waals surface area (Å²) in [6.45, 7) is 12.9. The highest BCUT2D eigenvalue weighted by molar-refractivity contribution is 6.07. The van der Waals surface area contributed by atoms with Crippen LogP contribution < -0.4 is 4.90 Å². The topological polar surface area (TPSA) is 75.3 Å². The van der Waals surface area contributed by atoms with Gasteiger partial charge in [-0.2, -0.15) is 0 Å². The minimum absolute atomic E-state index is 0.166. The van der Waals surface area contributed by atoms with Gasteiger partial charge < -0.3 is 9.52 Å². The van der Waals surface area contributed by atoms with Gasteiger partial charge >= 0.3 is 0 Å². The number of fused-ring (bicyclic) bond motifs is 3. The molecule has 262 valence electrons.